The van der Waals surface area contributed by atoms with E-state index in [1.54, 1.807) is 30.4 Å². The molecule has 0 bridgehead atoms. The molecule has 0 unspecified atom stereocenters. The van der Waals surface area contributed by atoms with E-state index < -0.39 is 0 Å². The van der Waals surface area contributed by atoms with Crippen molar-refractivity contribution < 1.29 is 9.59 Å². The number of carbonyl (C=O) groups excluding carboxylic acids is 2. The number of hydrogen-bond acceptors (Lipinski definition) is 4. The number of nitrogens with one attached hydrogen (secondary N) is 1. The van der Waals surface area contributed by atoms with E-state index in [1.807, 2.05) is 57.2 Å². The molecule has 6 heteroatoms. The fraction of sp³-hybridized carbons (Fsp3) is 0.333. The summed E-state index contributed by atoms with van der Waals surface area (Å²) in [6.45, 7) is 10.5. The van der Waals surface area contributed by atoms with Crippen LogP contribution < -0.4 is 5.32 Å². The Morgan fingerprint density at radius 1 is 0.909 bits per heavy atom. The maximum Gasteiger partial charge on any atom is 0.253 e. The third kappa shape index (κ3) is 6.25. The van der Waals surface area contributed by atoms with Crippen LogP contribution in [0.4, 0.5) is 0 Å². The van der Waals surface area contributed by atoms with Crippen molar-refractivity contribution in [1.29, 1.82) is 0 Å². The normalized spacial score (nSPS) is 11.8. The van der Waals surface area contributed by atoms with Gasteiger partial charge in [-0.1, -0.05) is 43.7 Å². The van der Waals surface area contributed by atoms with Crippen LogP contribution in [0.1, 0.15) is 64.5 Å². The number of aromatic nitrogens is 2. The van der Waals surface area contributed by atoms with Gasteiger partial charge < -0.3 is 10.2 Å². The molecule has 0 saturated carbocycles. The minimum Gasteiger partial charge on any atom is -0.345 e. The Kier molecular flexibility index (Phi) is 7.59. The van der Waals surface area contributed by atoms with Crippen LogP contribution in [0.2, 0.25) is 0 Å². The molecule has 0 saturated heterocycles. The van der Waals surface area contributed by atoms with Gasteiger partial charge in [-0.25, -0.2) is 9.97 Å². The molecule has 0 aliphatic carbocycles. The van der Waals surface area contributed by atoms with E-state index >= 15 is 0 Å². The van der Waals surface area contributed by atoms with Crippen LogP contribution in [0, 0.1) is 19.8 Å². The third-order valence-corrected chi connectivity index (χ3v) is 5.46. The molecule has 2 amide bonds. The summed E-state index contributed by atoms with van der Waals surface area (Å²) in [5.74, 6) is 0.667. The lowest BCUT2D eigenvalue weighted by Crippen LogP contribution is -2.31. The molecule has 0 fully saturated rings. The highest BCUT2D eigenvalue weighted by molar-refractivity contribution is 6.01. The second-order valence-corrected chi connectivity index (χ2v) is 9.00. The van der Waals surface area contributed by atoms with Crippen molar-refractivity contribution in [1.82, 2.24) is 20.2 Å². The standard InChI is InChI=1S/C27H32N4O2/c1-17(2)16-31(6)27(33)24-12-22(21-9-7-18(3)8-10-21)11-23(13-24)26(32)30-19(4)25-14-28-20(5)29-15-25/h7-15,17,19H,16H2,1-6H3,(H,30,32)/t19-/m1/s1. The molecule has 2 aromatic carbocycles. The van der Waals surface area contributed by atoms with E-state index in [9.17, 15) is 9.59 Å². The van der Waals surface area contributed by atoms with E-state index in [0.29, 0.717) is 29.4 Å². The highest BCUT2D eigenvalue weighted by Crippen LogP contribution is 2.24. The van der Waals surface area contributed by atoms with E-state index in [2.05, 4.69) is 29.1 Å². The molecule has 1 heterocycles. The van der Waals surface area contributed by atoms with Gasteiger partial charge in [0.25, 0.3) is 11.8 Å². The zero-order chi connectivity index (χ0) is 24.1. The minimum atomic E-state index is -0.274. The SMILES string of the molecule is Cc1ccc(-c2cc(C(=O)N[C@H](C)c3cnc(C)nc3)cc(C(=O)N(C)CC(C)C)c2)cc1. The number of carbonyl (C=O) groups is 2. The number of benzene rings is 2. The van der Waals surface area contributed by atoms with Gasteiger partial charge in [0.1, 0.15) is 5.82 Å². The summed E-state index contributed by atoms with van der Waals surface area (Å²) in [5, 5.41) is 3.00. The lowest BCUT2D eigenvalue weighted by atomic mass is 9.97. The molecule has 33 heavy (non-hydrogen) atoms. The zero-order valence-corrected chi connectivity index (χ0v) is 20.2. The fourth-order valence-corrected chi connectivity index (χ4v) is 3.64. The molecular formula is C27H32N4O2. The molecule has 3 aromatic rings. The Hall–Kier alpha value is -3.54. The number of nitrogens with zero attached hydrogens (tertiary/aromatic N) is 3. The van der Waals surface area contributed by atoms with Crippen LogP contribution in [0.15, 0.2) is 54.9 Å². The first-order chi connectivity index (χ1) is 15.6. The summed E-state index contributed by atoms with van der Waals surface area (Å²) < 4.78 is 0. The molecule has 172 valence electrons. The molecule has 6 nitrogen and oxygen atoms in total. The largest absolute Gasteiger partial charge is 0.345 e. The number of aryl methyl sites for hydroxylation is 2. The first-order valence-electron chi connectivity index (χ1n) is 11.2. The molecular weight excluding hydrogens is 412 g/mol. The lowest BCUT2D eigenvalue weighted by Gasteiger charge is -2.21. The van der Waals surface area contributed by atoms with Crippen LogP contribution in [0.25, 0.3) is 11.1 Å². The highest BCUT2D eigenvalue weighted by atomic mass is 16.2. The van der Waals surface area contributed by atoms with Gasteiger partial charge in [-0.2, -0.15) is 0 Å². The van der Waals surface area contributed by atoms with Gasteiger partial charge in [-0.15, -0.1) is 0 Å². The van der Waals surface area contributed by atoms with Gasteiger partial charge in [0, 0.05) is 42.7 Å². The Morgan fingerprint density at radius 2 is 1.52 bits per heavy atom. The maximum absolute atomic E-state index is 13.2. The van der Waals surface area contributed by atoms with Crippen LogP contribution in [-0.4, -0.2) is 40.3 Å². The molecule has 0 aliphatic rings. The average Bonchev–Trinajstić information content (AvgIpc) is 2.78. The summed E-state index contributed by atoms with van der Waals surface area (Å²) >= 11 is 0. The number of rotatable bonds is 7. The molecule has 0 aliphatic heterocycles. The van der Waals surface area contributed by atoms with Crippen molar-refractivity contribution in [3.05, 3.63) is 82.9 Å². The Morgan fingerprint density at radius 3 is 2.12 bits per heavy atom. The van der Waals surface area contributed by atoms with E-state index in [-0.39, 0.29) is 17.9 Å². The average molecular weight is 445 g/mol. The quantitative estimate of drug-likeness (QED) is 0.558. The zero-order valence-electron chi connectivity index (χ0n) is 20.2. The Balaban J connectivity index is 1.95. The van der Waals surface area contributed by atoms with Crippen molar-refractivity contribution in [2.75, 3.05) is 13.6 Å². The molecule has 0 radical (unpaired) electrons. The summed E-state index contributed by atoms with van der Waals surface area (Å²) in [6, 6.07) is 13.1. The fourth-order valence-electron chi connectivity index (χ4n) is 3.64. The molecule has 1 aromatic heterocycles. The summed E-state index contributed by atoms with van der Waals surface area (Å²) in [5.41, 5.74) is 4.68. The van der Waals surface area contributed by atoms with Crippen LogP contribution >= 0.6 is 0 Å². The van der Waals surface area contributed by atoms with E-state index in [4.69, 9.17) is 0 Å². The lowest BCUT2D eigenvalue weighted by molar-refractivity contribution is 0.0779. The van der Waals surface area contributed by atoms with Crippen molar-refractivity contribution >= 4 is 11.8 Å². The van der Waals surface area contributed by atoms with Gasteiger partial charge in [-0.05, 0) is 56.0 Å². The second-order valence-electron chi connectivity index (χ2n) is 9.00. The van der Waals surface area contributed by atoms with Gasteiger partial charge in [0.05, 0.1) is 6.04 Å². The molecule has 0 spiro atoms. The third-order valence-electron chi connectivity index (χ3n) is 5.46. The maximum atomic E-state index is 13.2. The van der Waals surface area contributed by atoms with Crippen LogP contribution in [0.5, 0.6) is 0 Å². The highest BCUT2D eigenvalue weighted by Gasteiger charge is 2.19. The first-order valence-corrected chi connectivity index (χ1v) is 11.2. The smallest absolute Gasteiger partial charge is 0.253 e. The van der Waals surface area contributed by atoms with E-state index in [0.717, 1.165) is 22.3 Å². The Labute approximate surface area is 196 Å². The van der Waals surface area contributed by atoms with E-state index in [1.165, 1.54) is 0 Å². The summed E-state index contributed by atoms with van der Waals surface area (Å²) in [4.78, 5) is 36.4. The van der Waals surface area contributed by atoms with Gasteiger partial charge in [0.15, 0.2) is 0 Å². The molecule has 1 atom stereocenters. The number of amides is 2. The monoisotopic (exact) mass is 444 g/mol. The first kappa shape index (κ1) is 24.1. The van der Waals surface area contributed by atoms with Crippen molar-refractivity contribution in [3.63, 3.8) is 0 Å². The topological polar surface area (TPSA) is 75.2 Å². The number of hydrogen-bond donors (Lipinski definition) is 1. The van der Waals surface area contributed by atoms with Crippen molar-refractivity contribution in [2.24, 2.45) is 5.92 Å². The second kappa shape index (κ2) is 10.4. The van der Waals surface area contributed by atoms with Crippen LogP contribution in [-0.2, 0) is 0 Å². The van der Waals surface area contributed by atoms with Gasteiger partial charge >= 0.3 is 0 Å². The van der Waals surface area contributed by atoms with Gasteiger partial charge in [0.2, 0.25) is 0 Å². The van der Waals surface area contributed by atoms with Crippen molar-refractivity contribution in [2.45, 2.75) is 40.7 Å². The predicted molar refractivity (Wildman–Crippen MR) is 131 cm³/mol. The molecule has 1 N–H and O–H groups in total. The summed E-state index contributed by atoms with van der Waals surface area (Å²) in [7, 11) is 1.79. The van der Waals surface area contributed by atoms with Crippen molar-refractivity contribution in [3.8, 4) is 11.1 Å². The van der Waals surface area contributed by atoms with Gasteiger partial charge in [-0.3, -0.25) is 9.59 Å². The molecule has 3 rings (SSSR count). The minimum absolute atomic E-state index is 0.105. The van der Waals surface area contributed by atoms with Crippen LogP contribution in [0.3, 0.4) is 0 Å². The Bertz CT molecular complexity index is 1120. The summed E-state index contributed by atoms with van der Waals surface area (Å²) in [6.07, 6.45) is 3.43. The predicted octanol–water partition coefficient (Wildman–Crippen LogP) is 4.98.